The standard InChI is InChI=1S/C21H18N2O/c1-12-8-4-7-11-17(12)23-19-13(2)14(3)22-20-15-9-5-6-10-16(15)21(24)18(19)20/h4-11H,1-3H3,(H,22,23). The van der Waals surface area contributed by atoms with E-state index in [-0.39, 0.29) is 5.78 Å². The van der Waals surface area contributed by atoms with E-state index in [2.05, 4.69) is 18.3 Å². The predicted molar refractivity (Wildman–Crippen MR) is 97.0 cm³/mol. The van der Waals surface area contributed by atoms with Gasteiger partial charge in [0.15, 0.2) is 5.78 Å². The zero-order valence-electron chi connectivity index (χ0n) is 14.0. The number of para-hydroxylation sites is 1. The third kappa shape index (κ3) is 2.05. The zero-order chi connectivity index (χ0) is 16.8. The van der Waals surface area contributed by atoms with Crippen molar-refractivity contribution in [1.29, 1.82) is 0 Å². The molecule has 1 aliphatic rings. The molecule has 0 saturated carbocycles. The number of aromatic nitrogens is 1. The molecule has 0 amide bonds. The van der Waals surface area contributed by atoms with Gasteiger partial charge < -0.3 is 5.32 Å². The molecule has 4 rings (SSSR count). The topological polar surface area (TPSA) is 42.0 Å². The summed E-state index contributed by atoms with van der Waals surface area (Å²) in [5.41, 5.74) is 8.10. The van der Waals surface area contributed by atoms with Crippen LogP contribution >= 0.6 is 0 Å². The Labute approximate surface area is 141 Å². The van der Waals surface area contributed by atoms with Crippen LogP contribution in [0, 0.1) is 20.8 Å². The van der Waals surface area contributed by atoms with Crippen LogP contribution in [0.3, 0.4) is 0 Å². The molecule has 0 bridgehead atoms. The molecule has 3 aromatic rings. The number of hydrogen-bond acceptors (Lipinski definition) is 3. The fourth-order valence-corrected chi connectivity index (χ4v) is 3.24. The second-order valence-corrected chi connectivity index (χ2v) is 6.24. The molecule has 3 heteroatoms. The van der Waals surface area contributed by atoms with E-state index >= 15 is 0 Å². The van der Waals surface area contributed by atoms with Gasteiger partial charge in [-0.1, -0.05) is 42.5 Å². The monoisotopic (exact) mass is 314 g/mol. The van der Waals surface area contributed by atoms with Gasteiger partial charge in [0.1, 0.15) is 0 Å². The summed E-state index contributed by atoms with van der Waals surface area (Å²) >= 11 is 0. The van der Waals surface area contributed by atoms with Crippen LogP contribution in [0.2, 0.25) is 0 Å². The molecule has 1 heterocycles. The molecule has 1 N–H and O–H groups in total. The molecule has 0 saturated heterocycles. The molecule has 0 fully saturated rings. The summed E-state index contributed by atoms with van der Waals surface area (Å²) < 4.78 is 0. The maximum Gasteiger partial charge on any atom is 0.198 e. The average molecular weight is 314 g/mol. The lowest BCUT2D eigenvalue weighted by molar-refractivity contribution is 0.104. The van der Waals surface area contributed by atoms with E-state index in [1.165, 1.54) is 0 Å². The van der Waals surface area contributed by atoms with E-state index in [1.807, 2.05) is 56.3 Å². The largest absolute Gasteiger partial charge is 0.354 e. The molecule has 1 aliphatic carbocycles. The Morgan fingerprint density at radius 2 is 1.54 bits per heavy atom. The van der Waals surface area contributed by atoms with Crippen molar-refractivity contribution in [2.24, 2.45) is 0 Å². The number of carbonyl (C=O) groups is 1. The highest BCUT2D eigenvalue weighted by Crippen LogP contribution is 2.42. The lowest BCUT2D eigenvalue weighted by Gasteiger charge is -2.17. The lowest BCUT2D eigenvalue weighted by atomic mass is 10.0. The van der Waals surface area contributed by atoms with E-state index in [4.69, 9.17) is 4.98 Å². The molecule has 1 aromatic heterocycles. The van der Waals surface area contributed by atoms with Crippen LogP contribution in [0.5, 0.6) is 0 Å². The molecule has 2 aromatic carbocycles. The molecule has 0 spiro atoms. The molecular weight excluding hydrogens is 296 g/mol. The summed E-state index contributed by atoms with van der Waals surface area (Å²) in [4.78, 5) is 17.7. The predicted octanol–water partition coefficient (Wildman–Crippen LogP) is 4.96. The van der Waals surface area contributed by atoms with E-state index in [0.717, 1.165) is 45.0 Å². The molecule has 0 radical (unpaired) electrons. The Morgan fingerprint density at radius 3 is 2.29 bits per heavy atom. The second kappa shape index (κ2) is 5.31. The van der Waals surface area contributed by atoms with Gasteiger partial charge in [0.05, 0.1) is 16.9 Å². The highest BCUT2D eigenvalue weighted by atomic mass is 16.1. The quantitative estimate of drug-likeness (QED) is 0.568. The smallest absolute Gasteiger partial charge is 0.198 e. The Morgan fingerprint density at radius 1 is 0.875 bits per heavy atom. The van der Waals surface area contributed by atoms with Crippen LogP contribution < -0.4 is 5.32 Å². The van der Waals surface area contributed by atoms with Gasteiger partial charge >= 0.3 is 0 Å². The number of pyridine rings is 1. The fourth-order valence-electron chi connectivity index (χ4n) is 3.24. The number of aryl methyl sites for hydroxylation is 2. The summed E-state index contributed by atoms with van der Waals surface area (Å²) in [6.45, 7) is 6.06. The third-order valence-electron chi connectivity index (χ3n) is 4.74. The van der Waals surface area contributed by atoms with Crippen molar-refractivity contribution in [3.8, 4) is 11.3 Å². The molecule has 3 nitrogen and oxygen atoms in total. The molecule has 24 heavy (non-hydrogen) atoms. The third-order valence-corrected chi connectivity index (χ3v) is 4.74. The molecule has 118 valence electrons. The summed E-state index contributed by atoms with van der Waals surface area (Å²) in [6.07, 6.45) is 0. The van der Waals surface area contributed by atoms with E-state index < -0.39 is 0 Å². The van der Waals surface area contributed by atoms with Crippen molar-refractivity contribution < 1.29 is 4.79 Å². The number of nitrogens with zero attached hydrogens (tertiary/aromatic N) is 1. The van der Waals surface area contributed by atoms with Gasteiger partial charge in [-0.25, -0.2) is 0 Å². The Kier molecular flexibility index (Phi) is 3.24. The van der Waals surface area contributed by atoms with Crippen LogP contribution in [0.25, 0.3) is 11.3 Å². The average Bonchev–Trinajstić information content (AvgIpc) is 2.86. The fraction of sp³-hybridized carbons (Fsp3) is 0.143. The molecule has 0 aliphatic heterocycles. The van der Waals surface area contributed by atoms with Gasteiger partial charge in [-0.05, 0) is 38.0 Å². The highest BCUT2D eigenvalue weighted by molar-refractivity contribution is 6.24. The van der Waals surface area contributed by atoms with E-state index in [0.29, 0.717) is 5.56 Å². The minimum Gasteiger partial charge on any atom is -0.354 e. The number of fused-ring (bicyclic) bond motifs is 3. The number of hydrogen-bond donors (Lipinski definition) is 1. The van der Waals surface area contributed by atoms with Crippen molar-refractivity contribution in [2.75, 3.05) is 5.32 Å². The number of ketones is 1. The van der Waals surface area contributed by atoms with Gasteiger partial charge in [-0.3, -0.25) is 9.78 Å². The lowest BCUT2D eigenvalue weighted by Crippen LogP contribution is -2.07. The van der Waals surface area contributed by atoms with Gasteiger partial charge in [0, 0.05) is 22.5 Å². The van der Waals surface area contributed by atoms with Crippen LogP contribution in [0.15, 0.2) is 48.5 Å². The number of rotatable bonds is 2. The minimum absolute atomic E-state index is 0.0484. The van der Waals surface area contributed by atoms with E-state index in [1.54, 1.807) is 0 Å². The van der Waals surface area contributed by atoms with Crippen molar-refractivity contribution in [1.82, 2.24) is 4.98 Å². The molecule has 0 unspecified atom stereocenters. The van der Waals surface area contributed by atoms with Crippen molar-refractivity contribution in [2.45, 2.75) is 20.8 Å². The van der Waals surface area contributed by atoms with Gasteiger partial charge in [0.25, 0.3) is 0 Å². The number of anilines is 2. The Balaban J connectivity index is 1.95. The molecule has 0 atom stereocenters. The summed E-state index contributed by atoms with van der Waals surface area (Å²) in [7, 11) is 0. The van der Waals surface area contributed by atoms with Gasteiger partial charge in [0.2, 0.25) is 0 Å². The van der Waals surface area contributed by atoms with E-state index in [9.17, 15) is 4.79 Å². The summed E-state index contributed by atoms with van der Waals surface area (Å²) in [6, 6.07) is 15.8. The molecular formula is C21H18N2O. The normalized spacial score (nSPS) is 12.0. The number of nitrogens with one attached hydrogen (secondary N) is 1. The number of carbonyl (C=O) groups excluding carboxylic acids is 1. The van der Waals surface area contributed by atoms with Crippen molar-refractivity contribution in [3.05, 3.63) is 76.5 Å². The van der Waals surface area contributed by atoms with Crippen molar-refractivity contribution in [3.63, 3.8) is 0 Å². The van der Waals surface area contributed by atoms with Crippen LogP contribution in [0.4, 0.5) is 11.4 Å². The SMILES string of the molecule is Cc1ccccc1Nc1c(C)c(C)nc2c1C(=O)c1ccccc1-2. The van der Waals surface area contributed by atoms with Crippen LogP contribution in [-0.2, 0) is 0 Å². The van der Waals surface area contributed by atoms with Crippen LogP contribution in [-0.4, -0.2) is 10.8 Å². The van der Waals surface area contributed by atoms with Gasteiger partial charge in [-0.2, -0.15) is 0 Å². The second-order valence-electron chi connectivity index (χ2n) is 6.24. The summed E-state index contributed by atoms with van der Waals surface area (Å²) in [5.74, 6) is 0.0484. The maximum atomic E-state index is 13.0. The Hall–Kier alpha value is -2.94. The van der Waals surface area contributed by atoms with Gasteiger partial charge in [-0.15, -0.1) is 0 Å². The van der Waals surface area contributed by atoms with Crippen molar-refractivity contribution >= 4 is 17.2 Å². The zero-order valence-corrected chi connectivity index (χ0v) is 14.0. The first-order chi connectivity index (χ1) is 11.6. The first-order valence-corrected chi connectivity index (χ1v) is 8.06. The highest BCUT2D eigenvalue weighted by Gasteiger charge is 2.32. The minimum atomic E-state index is 0.0484. The maximum absolute atomic E-state index is 13.0. The first kappa shape index (κ1) is 14.6. The first-order valence-electron chi connectivity index (χ1n) is 8.06. The number of benzene rings is 2. The van der Waals surface area contributed by atoms with Crippen LogP contribution in [0.1, 0.15) is 32.7 Å². The summed E-state index contributed by atoms with van der Waals surface area (Å²) in [5, 5.41) is 3.49. The Bertz CT molecular complexity index is 989.